The van der Waals surface area contributed by atoms with E-state index in [0.717, 1.165) is 17.5 Å². The molecule has 0 radical (unpaired) electrons. The molecular formula is C51H38BO12-. The third-order valence-corrected chi connectivity index (χ3v) is 13.8. The molecule has 4 aliphatic rings. The lowest BCUT2D eigenvalue weighted by Crippen LogP contribution is -2.62. The molecular weight excluding hydrogens is 815 g/mol. The number of aryl methyl sites for hydroxylation is 2. The van der Waals surface area contributed by atoms with E-state index in [9.17, 15) is 40.2 Å². The van der Waals surface area contributed by atoms with E-state index < -0.39 is 18.5 Å². The molecule has 2 aliphatic heterocycles. The zero-order valence-corrected chi connectivity index (χ0v) is 35.3. The van der Waals surface area contributed by atoms with Crippen LogP contribution in [-0.2, 0) is 0 Å². The molecule has 0 bridgehead atoms. The Kier molecular flexibility index (Phi) is 7.24. The number of carbonyl (C=O) groups excluding carboxylic acids is 2. The zero-order valence-electron chi connectivity index (χ0n) is 35.3. The van der Waals surface area contributed by atoms with Crippen molar-refractivity contribution in [3.05, 3.63) is 105 Å². The van der Waals surface area contributed by atoms with Gasteiger partial charge in [-0.2, -0.15) is 0 Å². The molecule has 2 heterocycles. The minimum atomic E-state index is -3.59. The van der Waals surface area contributed by atoms with E-state index in [1.807, 2.05) is 39.8 Å². The van der Waals surface area contributed by atoms with Crippen LogP contribution in [0.1, 0.15) is 100 Å². The number of rotatable bonds is 3. The third-order valence-electron chi connectivity index (χ3n) is 13.8. The fourth-order valence-electron chi connectivity index (χ4n) is 10.7. The number of ketones is 2. The van der Waals surface area contributed by atoms with Crippen molar-refractivity contribution in [2.45, 2.75) is 59.8 Å². The first-order valence-electron chi connectivity index (χ1n) is 21.2. The standard InChI is InChI=1S/C51H38BO12/c1-7-19(4)23-11-27-39(33(58)13-23)49(60)45-31(56)9-21(6)37-29-15-25(54)17-35-41(29)51(43(27)47(37)45)64-52(62-35)61-34-16-24(53)14-28-36-20(5)8-30(55)44-46(36)42(50(63-52)40(28)34)26-10-22(18(2)3)12-32(57)38(26)48(44)59/h8-19,53-58H,7H2,1-6H3/q-1. The van der Waals surface area contributed by atoms with E-state index in [-0.39, 0.29) is 91.6 Å². The maximum atomic E-state index is 14.6. The van der Waals surface area contributed by atoms with E-state index in [0.29, 0.717) is 76.5 Å². The largest absolute Gasteiger partial charge is 0.777 e. The van der Waals surface area contributed by atoms with Crippen molar-refractivity contribution in [1.29, 1.82) is 0 Å². The van der Waals surface area contributed by atoms with Gasteiger partial charge in [0.1, 0.15) is 34.5 Å². The predicted octanol–water partition coefficient (Wildman–Crippen LogP) is 10.9. The van der Waals surface area contributed by atoms with Crippen molar-refractivity contribution in [1.82, 2.24) is 0 Å². The summed E-state index contributed by atoms with van der Waals surface area (Å²) >= 11 is 0. The van der Waals surface area contributed by atoms with Crippen molar-refractivity contribution < 1.29 is 58.8 Å². The molecule has 2 unspecified atom stereocenters. The summed E-state index contributed by atoms with van der Waals surface area (Å²) in [6.45, 7) is 7.90. The molecule has 8 aromatic carbocycles. The molecule has 13 heteroatoms. The van der Waals surface area contributed by atoms with Gasteiger partial charge in [-0.05, 0) is 114 Å². The number of carbonyl (C=O) groups is 2. The van der Waals surface area contributed by atoms with Crippen LogP contribution in [0.15, 0.2) is 60.7 Å². The first-order valence-corrected chi connectivity index (χ1v) is 21.2. The first kappa shape index (κ1) is 37.9. The van der Waals surface area contributed by atoms with Crippen LogP contribution >= 0.6 is 0 Å². The molecule has 64 heavy (non-hydrogen) atoms. The van der Waals surface area contributed by atoms with Crippen LogP contribution in [0, 0.1) is 13.8 Å². The highest BCUT2D eigenvalue weighted by molar-refractivity contribution is 6.60. The van der Waals surface area contributed by atoms with Crippen molar-refractivity contribution in [2.24, 2.45) is 0 Å². The van der Waals surface area contributed by atoms with Gasteiger partial charge in [-0.1, -0.05) is 27.7 Å². The zero-order chi connectivity index (χ0) is 44.7. The Labute approximate surface area is 364 Å². The second-order valence-corrected chi connectivity index (χ2v) is 17.9. The lowest BCUT2D eigenvalue weighted by molar-refractivity contribution is 0.102. The normalized spacial score (nSPS) is 16.8. The molecule has 318 valence electrons. The lowest BCUT2D eigenvalue weighted by atomic mass is 9.76. The first-order chi connectivity index (χ1) is 30.5. The molecule has 12 rings (SSSR count). The maximum Gasteiger partial charge on any atom is 0.777 e. The third kappa shape index (κ3) is 4.62. The van der Waals surface area contributed by atoms with Gasteiger partial charge in [-0.15, -0.1) is 0 Å². The van der Waals surface area contributed by atoms with E-state index in [1.165, 1.54) is 42.5 Å². The van der Waals surface area contributed by atoms with Gasteiger partial charge in [-0.25, -0.2) is 0 Å². The number of hydrogen-bond donors (Lipinski definition) is 6. The molecule has 0 saturated carbocycles. The van der Waals surface area contributed by atoms with Crippen LogP contribution in [0.2, 0.25) is 0 Å². The summed E-state index contributed by atoms with van der Waals surface area (Å²) in [4.78, 5) is 29.1. The Hall–Kier alpha value is -7.80. The highest BCUT2D eigenvalue weighted by Gasteiger charge is 2.52. The monoisotopic (exact) mass is 853 g/mol. The van der Waals surface area contributed by atoms with Crippen molar-refractivity contribution in [3.8, 4) is 79.7 Å². The van der Waals surface area contributed by atoms with Crippen LogP contribution in [0.25, 0.3) is 65.3 Å². The van der Waals surface area contributed by atoms with Gasteiger partial charge >= 0.3 is 6.96 Å². The molecule has 8 aromatic rings. The summed E-state index contributed by atoms with van der Waals surface area (Å²) in [5.41, 5.74) is 3.75. The van der Waals surface area contributed by atoms with Gasteiger partial charge in [0.15, 0.2) is 0 Å². The summed E-state index contributed by atoms with van der Waals surface area (Å²) < 4.78 is 27.6. The van der Waals surface area contributed by atoms with E-state index >= 15 is 0 Å². The second kappa shape index (κ2) is 12.2. The fourth-order valence-corrected chi connectivity index (χ4v) is 10.7. The van der Waals surface area contributed by atoms with Crippen LogP contribution in [0.3, 0.4) is 0 Å². The summed E-state index contributed by atoms with van der Waals surface area (Å²) in [7, 11) is 0. The van der Waals surface area contributed by atoms with Gasteiger partial charge in [0.2, 0.25) is 11.6 Å². The molecule has 1 spiro atoms. The average Bonchev–Trinajstić information content (AvgIpc) is 3.21. The quantitative estimate of drug-likeness (QED) is 0.0729. The Morgan fingerprint density at radius 2 is 0.906 bits per heavy atom. The molecule has 12 nitrogen and oxygen atoms in total. The minimum absolute atomic E-state index is 0.0295. The van der Waals surface area contributed by atoms with Crippen molar-refractivity contribution >= 4 is 61.6 Å². The summed E-state index contributed by atoms with van der Waals surface area (Å²) in [6.07, 6.45) is 0.725. The number of hydrogen-bond acceptors (Lipinski definition) is 12. The smallest absolute Gasteiger partial charge is 0.610 e. The number of phenolic OH excluding ortho intramolecular Hbond substituents is 6. The Balaban J connectivity index is 1.21. The summed E-state index contributed by atoms with van der Waals surface area (Å²) in [5, 5.41) is 72.5. The van der Waals surface area contributed by atoms with Gasteiger partial charge in [-0.3, -0.25) is 9.59 Å². The second-order valence-electron chi connectivity index (χ2n) is 17.9. The molecule has 0 aromatic heterocycles. The van der Waals surface area contributed by atoms with Crippen molar-refractivity contribution in [2.75, 3.05) is 0 Å². The number of phenols is 6. The molecule has 0 amide bonds. The van der Waals surface area contributed by atoms with Gasteiger partial charge in [0.05, 0.1) is 56.0 Å². The van der Waals surface area contributed by atoms with E-state index in [4.69, 9.17) is 18.6 Å². The van der Waals surface area contributed by atoms with E-state index in [2.05, 4.69) is 0 Å². The molecule has 2 atom stereocenters. The fraction of sp³-hybridized carbons (Fsp3) is 0.176. The number of benzene rings is 8. The topological polar surface area (TPSA) is 192 Å². The molecule has 2 aliphatic carbocycles. The molecule has 0 saturated heterocycles. The van der Waals surface area contributed by atoms with Crippen LogP contribution in [-0.4, -0.2) is 49.2 Å². The van der Waals surface area contributed by atoms with Crippen LogP contribution < -0.4 is 18.6 Å². The van der Waals surface area contributed by atoms with Crippen LogP contribution in [0.4, 0.5) is 0 Å². The summed E-state index contributed by atoms with van der Waals surface area (Å²) in [6, 6.07) is 15.5. The highest BCUT2D eigenvalue weighted by atomic mass is 16.9. The van der Waals surface area contributed by atoms with Crippen LogP contribution in [0.5, 0.6) is 57.5 Å². The Bertz CT molecular complexity index is 3630. The van der Waals surface area contributed by atoms with Gasteiger partial charge < -0.3 is 49.3 Å². The predicted molar refractivity (Wildman–Crippen MR) is 241 cm³/mol. The minimum Gasteiger partial charge on any atom is -0.610 e. The van der Waals surface area contributed by atoms with Gasteiger partial charge in [0, 0.05) is 55.9 Å². The Morgan fingerprint density at radius 3 is 1.34 bits per heavy atom. The molecule has 0 fully saturated rings. The molecule has 6 N–H and O–H groups in total. The lowest BCUT2D eigenvalue weighted by Gasteiger charge is -2.49. The number of aromatic hydroxyl groups is 6. The average molecular weight is 854 g/mol. The van der Waals surface area contributed by atoms with Crippen molar-refractivity contribution in [3.63, 3.8) is 0 Å². The SMILES string of the molecule is CCC(C)c1cc(O)c2c(c1)-c1c3c4c(cc(O)cc4c4c(C)cc(O)c(c14)C2=O)O[B-]1(Oc2cc(O)cc4c2c(c2c5c(c(O)cc(C)c54)C(=O)c4c(O)cc(C(C)C)cc4-2)O1)O3. The van der Waals surface area contributed by atoms with E-state index in [1.54, 1.807) is 19.9 Å². The highest BCUT2D eigenvalue weighted by Crippen LogP contribution is 2.61. The number of fused-ring (bicyclic) bond motifs is 8. The summed E-state index contributed by atoms with van der Waals surface area (Å²) in [5.74, 6) is -2.58. The maximum absolute atomic E-state index is 14.6. The Morgan fingerprint density at radius 1 is 0.484 bits per heavy atom. The van der Waals surface area contributed by atoms with Gasteiger partial charge in [0.25, 0.3) is 0 Å².